The minimum absolute atomic E-state index is 0. The van der Waals surface area contributed by atoms with Crippen molar-refractivity contribution in [3.8, 4) is 5.75 Å². The Hall–Kier alpha value is -2.14. The molecule has 0 spiro atoms. The standard InChI is InChI=1S/C19H18NO3.BrH/c1-12-8-17(21)23-19-13(2)18-14(10-16(12)19)9-15(22-18)11-20-6-4-3-5-7-20;/h3-8,10,15H,9,11H2,1-2H3;1H/q+1;/p-1. The van der Waals surface area contributed by atoms with Crippen molar-refractivity contribution in [1.29, 1.82) is 0 Å². The number of fused-ring (bicyclic) bond motifs is 2. The third-order valence-corrected chi connectivity index (χ3v) is 4.42. The third kappa shape index (κ3) is 2.84. The third-order valence-electron chi connectivity index (χ3n) is 4.42. The van der Waals surface area contributed by atoms with Gasteiger partial charge in [0.25, 0.3) is 0 Å². The molecule has 0 radical (unpaired) electrons. The van der Waals surface area contributed by atoms with Gasteiger partial charge in [-0.15, -0.1) is 0 Å². The lowest BCUT2D eigenvalue weighted by molar-refractivity contribution is -0.702. The molecule has 5 heteroatoms. The highest BCUT2D eigenvalue weighted by molar-refractivity contribution is 5.86. The summed E-state index contributed by atoms with van der Waals surface area (Å²) in [6, 6.07) is 9.68. The van der Waals surface area contributed by atoms with Crippen LogP contribution in [-0.4, -0.2) is 6.10 Å². The van der Waals surface area contributed by atoms with E-state index in [1.807, 2.05) is 44.4 Å². The van der Waals surface area contributed by atoms with Gasteiger partial charge in [0.1, 0.15) is 11.3 Å². The predicted molar refractivity (Wildman–Crippen MR) is 86.7 cm³/mol. The SMILES string of the molecule is Cc1cc(=O)oc2c(C)c3c(cc12)CC(C[n+]1ccccc1)O3.[Br-]. The number of ether oxygens (including phenoxy) is 1. The molecule has 1 unspecified atom stereocenters. The average Bonchev–Trinajstić information content (AvgIpc) is 2.93. The highest BCUT2D eigenvalue weighted by atomic mass is 79.9. The molecule has 0 amide bonds. The molecule has 0 fully saturated rings. The summed E-state index contributed by atoms with van der Waals surface area (Å²) in [5, 5.41) is 0.998. The number of hydrogen-bond donors (Lipinski definition) is 0. The minimum Gasteiger partial charge on any atom is -1.00 e. The van der Waals surface area contributed by atoms with Crippen molar-refractivity contribution >= 4 is 11.0 Å². The molecule has 4 nitrogen and oxygen atoms in total. The van der Waals surface area contributed by atoms with Crippen molar-refractivity contribution in [3.05, 3.63) is 69.8 Å². The average molecular weight is 388 g/mol. The first kappa shape index (κ1) is 16.7. The number of halogens is 1. The maximum atomic E-state index is 11.7. The van der Waals surface area contributed by atoms with Crippen LogP contribution in [0.3, 0.4) is 0 Å². The molecule has 1 aliphatic heterocycles. The van der Waals surface area contributed by atoms with Gasteiger partial charge in [0, 0.05) is 35.6 Å². The van der Waals surface area contributed by atoms with Crippen LogP contribution in [0.1, 0.15) is 16.7 Å². The summed E-state index contributed by atoms with van der Waals surface area (Å²) in [6.45, 7) is 4.70. The van der Waals surface area contributed by atoms with E-state index in [2.05, 4.69) is 10.6 Å². The van der Waals surface area contributed by atoms with E-state index in [4.69, 9.17) is 9.15 Å². The molecular formula is C19H18BrNO3. The van der Waals surface area contributed by atoms with Crippen LogP contribution < -0.4 is 31.9 Å². The number of hydrogen-bond acceptors (Lipinski definition) is 3. The Labute approximate surface area is 150 Å². The van der Waals surface area contributed by atoms with Crippen molar-refractivity contribution in [1.82, 2.24) is 0 Å². The molecule has 124 valence electrons. The van der Waals surface area contributed by atoms with Gasteiger partial charge in [-0.25, -0.2) is 9.36 Å². The van der Waals surface area contributed by atoms with E-state index in [1.54, 1.807) is 6.07 Å². The van der Waals surface area contributed by atoms with Crippen molar-refractivity contribution in [2.45, 2.75) is 32.9 Å². The molecule has 0 bridgehead atoms. The van der Waals surface area contributed by atoms with Crippen LogP contribution >= 0.6 is 0 Å². The molecule has 0 N–H and O–H groups in total. The van der Waals surface area contributed by atoms with Gasteiger partial charge < -0.3 is 26.1 Å². The molecule has 0 saturated carbocycles. The maximum Gasteiger partial charge on any atom is 0.336 e. The van der Waals surface area contributed by atoms with E-state index >= 15 is 0 Å². The Bertz CT molecular complexity index is 950. The summed E-state index contributed by atoms with van der Waals surface area (Å²) in [5.74, 6) is 0.868. The van der Waals surface area contributed by atoms with Crippen LogP contribution in [0.2, 0.25) is 0 Å². The molecule has 24 heavy (non-hydrogen) atoms. The number of nitrogens with zero attached hydrogens (tertiary/aromatic N) is 1. The summed E-state index contributed by atoms with van der Waals surface area (Å²) >= 11 is 0. The smallest absolute Gasteiger partial charge is 0.336 e. The van der Waals surface area contributed by atoms with Crippen molar-refractivity contribution in [2.24, 2.45) is 0 Å². The summed E-state index contributed by atoms with van der Waals surface area (Å²) in [6.07, 6.45) is 5.05. The summed E-state index contributed by atoms with van der Waals surface area (Å²) in [5.41, 5.74) is 3.38. The highest BCUT2D eigenvalue weighted by Gasteiger charge is 2.29. The van der Waals surface area contributed by atoms with E-state index in [1.165, 1.54) is 5.56 Å². The number of rotatable bonds is 2. The van der Waals surface area contributed by atoms with Crippen molar-refractivity contribution in [2.75, 3.05) is 0 Å². The van der Waals surface area contributed by atoms with E-state index in [0.717, 1.165) is 35.2 Å². The van der Waals surface area contributed by atoms with E-state index < -0.39 is 0 Å². The van der Waals surface area contributed by atoms with Gasteiger partial charge in [-0.1, -0.05) is 6.07 Å². The van der Waals surface area contributed by atoms with Crippen LogP contribution in [0.25, 0.3) is 11.0 Å². The molecule has 4 rings (SSSR count). The van der Waals surface area contributed by atoms with E-state index in [0.29, 0.717) is 5.58 Å². The Balaban J connectivity index is 0.00000169. The van der Waals surface area contributed by atoms with Gasteiger partial charge in [0.05, 0.1) is 0 Å². The van der Waals surface area contributed by atoms with Gasteiger partial charge in [0.2, 0.25) is 0 Å². The number of benzene rings is 1. The molecular weight excluding hydrogens is 370 g/mol. The van der Waals surface area contributed by atoms with Crippen LogP contribution in [-0.2, 0) is 13.0 Å². The molecule has 0 saturated heterocycles. The first-order valence-electron chi connectivity index (χ1n) is 7.79. The molecule has 0 aliphatic carbocycles. The number of pyridine rings is 1. The number of aryl methyl sites for hydroxylation is 2. The first-order chi connectivity index (χ1) is 11.1. The van der Waals surface area contributed by atoms with Crippen molar-refractivity contribution in [3.63, 3.8) is 0 Å². The van der Waals surface area contributed by atoms with E-state index in [9.17, 15) is 4.79 Å². The van der Waals surface area contributed by atoms with E-state index in [-0.39, 0.29) is 28.7 Å². The Morgan fingerprint density at radius 1 is 1.17 bits per heavy atom. The van der Waals surface area contributed by atoms with Gasteiger partial charge in [-0.2, -0.15) is 0 Å². The zero-order valence-corrected chi connectivity index (χ0v) is 15.2. The fourth-order valence-electron chi connectivity index (χ4n) is 3.32. The molecule has 2 aromatic heterocycles. The lowest BCUT2D eigenvalue weighted by Crippen LogP contribution is -3.00. The Morgan fingerprint density at radius 2 is 1.92 bits per heavy atom. The van der Waals surface area contributed by atoms with Crippen molar-refractivity contribution < 1.29 is 30.7 Å². The van der Waals surface area contributed by atoms with Crippen LogP contribution in [0.4, 0.5) is 0 Å². The lowest BCUT2D eigenvalue weighted by atomic mass is 10.0. The Kier molecular flexibility index (Phi) is 4.45. The molecule has 1 aliphatic rings. The summed E-state index contributed by atoms with van der Waals surface area (Å²) in [4.78, 5) is 11.7. The molecule has 1 aromatic carbocycles. The summed E-state index contributed by atoms with van der Waals surface area (Å²) in [7, 11) is 0. The Morgan fingerprint density at radius 3 is 2.67 bits per heavy atom. The monoisotopic (exact) mass is 387 g/mol. The predicted octanol–water partition coefficient (Wildman–Crippen LogP) is -0.295. The van der Waals surface area contributed by atoms with Gasteiger partial charge >= 0.3 is 5.63 Å². The summed E-state index contributed by atoms with van der Waals surface area (Å²) < 4.78 is 13.7. The highest BCUT2D eigenvalue weighted by Crippen LogP contribution is 2.37. The normalized spacial score (nSPS) is 15.7. The second-order valence-corrected chi connectivity index (χ2v) is 6.13. The number of aromatic nitrogens is 1. The zero-order chi connectivity index (χ0) is 16.0. The first-order valence-corrected chi connectivity index (χ1v) is 7.79. The molecule has 3 heterocycles. The minimum atomic E-state index is -0.313. The second kappa shape index (κ2) is 6.40. The van der Waals surface area contributed by atoms with Crippen LogP contribution in [0, 0.1) is 13.8 Å². The second-order valence-electron chi connectivity index (χ2n) is 6.13. The topological polar surface area (TPSA) is 43.3 Å². The van der Waals surface area contributed by atoms with Crippen LogP contribution in [0.5, 0.6) is 5.75 Å². The largest absolute Gasteiger partial charge is 1.00 e. The van der Waals surface area contributed by atoms with Crippen LogP contribution in [0.15, 0.2) is 51.9 Å². The fraction of sp³-hybridized carbons (Fsp3) is 0.263. The van der Waals surface area contributed by atoms with Gasteiger partial charge in [-0.3, -0.25) is 0 Å². The maximum absolute atomic E-state index is 11.7. The van der Waals surface area contributed by atoms with Gasteiger partial charge in [-0.05, 0) is 31.0 Å². The zero-order valence-electron chi connectivity index (χ0n) is 13.6. The fourth-order valence-corrected chi connectivity index (χ4v) is 3.32. The quantitative estimate of drug-likeness (QED) is 0.448. The molecule has 3 aromatic rings. The molecule has 1 atom stereocenters. The van der Waals surface area contributed by atoms with Gasteiger partial charge in [0.15, 0.2) is 25.0 Å². The lowest BCUT2D eigenvalue weighted by Gasteiger charge is -2.10.